The molecule has 16 heteroatoms. The number of anilines is 3. The minimum atomic E-state index is -4.65. The molecule has 0 aliphatic carbocycles. The van der Waals surface area contributed by atoms with Crippen LogP contribution in [0.25, 0.3) is 11.1 Å². The molecule has 0 amide bonds. The summed E-state index contributed by atoms with van der Waals surface area (Å²) < 4.78 is 83.8. The van der Waals surface area contributed by atoms with Gasteiger partial charge in [-0.3, -0.25) is 4.79 Å². The molecular formula is C26H22ClF4N5O5S. The van der Waals surface area contributed by atoms with E-state index in [2.05, 4.69) is 21.9 Å². The number of allylic oxidation sites excluding steroid dienone is 1. The van der Waals surface area contributed by atoms with Crippen LogP contribution in [0.1, 0.15) is 10.4 Å². The lowest BCUT2D eigenvalue weighted by atomic mass is 10.1. The fraction of sp³-hybridized carbons (Fsp3) is 0.231. The molecule has 1 N–H and O–H groups in total. The molecule has 10 nitrogen and oxygen atoms in total. The second-order valence-electron chi connectivity index (χ2n) is 9.17. The van der Waals surface area contributed by atoms with Gasteiger partial charge in [-0.2, -0.15) is 18.2 Å². The number of hydrogen-bond donors (Lipinski definition) is 1. The predicted molar refractivity (Wildman–Crippen MR) is 148 cm³/mol. The average molecular weight is 628 g/mol. The fourth-order valence-electron chi connectivity index (χ4n) is 4.03. The Morgan fingerprint density at radius 1 is 1.26 bits per heavy atom. The van der Waals surface area contributed by atoms with Gasteiger partial charge in [0.25, 0.3) is 5.56 Å². The van der Waals surface area contributed by atoms with Crippen LogP contribution < -0.4 is 15.8 Å². The minimum absolute atomic E-state index is 0.0598. The maximum Gasteiger partial charge on any atom is 0.400 e. The van der Waals surface area contributed by atoms with Crippen LogP contribution in [0.5, 0.6) is 0 Å². The SMILES string of the molecule is C=C1C(C(F)(F)F)C=CN1c1nc(Nc2ccc(F)c(Cl)c2)ncc1-c1cc(C(=O)OC)c(=O)n(CCS(C)(=O)=O)c1. The van der Waals surface area contributed by atoms with Crippen molar-refractivity contribution >= 4 is 44.9 Å². The number of hydrogen-bond acceptors (Lipinski definition) is 9. The number of aromatic nitrogens is 3. The van der Waals surface area contributed by atoms with Crippen LogP contribution >= 0.6 is 11.6 Å². The number of benzene rings is 1. The number of nitrogens with zero attached hydrogens (tertiary/aromatic N) is 4. The zero-order valence-electron chi connectivity index (χ0n) is 21.9. The highest BCUT2D eigenvalue weighted by Gasteiger charge is 2.44. The first-order chi connectivity index (χ1) is 19.6. The number of pyridine rings is 1. The van der Waals surface area contributed by atoms with Crippen LogP contribution in [0.4, 0.5) is 35.0 Å². The number of methoxy groups -OCH3 is 1. The number of nitrogens with one attached hydrogen (secondary N) is 1. The van der Waals surface area contributed by atoms with Crippen molar-refractivity contribution in [3.63, 3.8) is 0 Å². The van der Waals surface area contributed by atoms with Gasteiger partial charge >= 0.3 is 12.1 Å². The second kappa shape index (κ2) is 11.6. The van der Waals surface area contributed by atoms with Crippen molar-refractivity contribution in [1.29, 1.82) is 0 Å². The molecule has 1 unspecified atom stereocenters. The molecule has 0 bridgehead atoms. The summed E-state index contributed by atoms with van der Waals surface area (Å²) in [6, 6.07) is 4.83. The molecule has 0 fully saturated rings. The van der Waals surface area contributed by atoms with Gasteiger partial charge in [0.1, 0.15) is 33.0 Å². The summed E-state index contributed by atoms with van der Waals surface area (Å²) in [7, 11) is -2.48. The summed E-state index contributed by atoms with van der Waals surface area (Å²) in [5.41, 5.74) is -1.27. The molecule has 0 saturated heterocycles. The highest BCUT2D eigenvalue weighted by molar-refractivity contribution is 7.90. The summed E-state index contributed by atoms with van der Waals surface area (Å²) in [4.78, 5) is 35.0. The van der Waals surface area contributed by atoms with Gasteiger partial charge in [0, 0.05) is 53.9 Å². The third-order valence-corrected chi connectivity index (χ3v) is 7.34. The number of rotatable bonds is 8. The molecule has 1 aliphatic rings. The first kappa shape index (κ1) is 30.7. The van der Waals surface area contributed by atoms with Crippen molar-refractivity contribution in [2.24, 2.45) is 5.92 Å². The third kappa shape index (κ3) is 6.62. The summed E-state index contributed by atoms with van der Waals surface area (Å²) in [6.07, 6.45) is 0.772. The van der Waals surface area contributed by atoms with E-state index in [9.17, 15) is 35.6 Å². The van der Waals surface area contributed by atoms with Crippen LogP contribution in [0.2, 0.25) is 5.02 Å². The van der Waals surface area contributed by atoms with E-state index >= 15 is 0 Å². The van der Waals surface area contributed by atoms with E-state index in [0.717, 1.165) is 47.2 Å². The van der Waals surface area contributed by atoms with Crippen LogP contribution in [0.15, 0.2) is 66.0 Å². The highest BCUT2D eigenvalue weighted by atomic mass is 35.5. The quantitative estimate of drug-likeness (QED) is 0.280. The zero-order valence-corrected chi connectivity index (χ0v) is 23.5. The number of aryl methyl sites for hydroxylation is 1. The molecule has 3 aromatic rings. The van der Waals surface area contributed by atoms with Gasteiger partial charge < -0.3 is 19.5 Å². The van der Waals surface area contributed by atoms with E-state index in [4.69, 9.17) is 16.3 Å². The molecule has 2 aromatic heterocycles. The average Bonchev–Trinajstić information content (AvgIpc) is 3.31. The van der Waals surface area contributed by atoms with Crippen molar-refractivity contribution in [2.45, 2.75) is 12.7 Å². The van der Waals surface area contributed by atoms with Gasteiger partial charge in [-0.05, 0) is 30.3 Å². The lowest BCUT2D eigenvalue weighted by Gasteiger charge is -2.24. The first-order valence-electron chi connectivity index (χ1n) is 11.9. The van der Waals surface area contributed by atoms with E-state index in [1.807, 2.05) is 0 Å². The molecule has 3 heterocycles. The Hall–Kier alpha value is -4.24. The zero-order chi connectivity index (χ0) is 31.0. The third-order valence-electron chi connectivity index (χ3n) is 6.13. The Morgan fingerprint density at radius 2 is 1.98 bits per heavy atom. The van der Waals surface area contributed by atoms with Gasteiger partial charge in [-0.1, -0.05) is 18.2 Å². The molecule has 0 saturated carbocycles. The number of alkyl halides is 3. The van der Waals surface area contributed by atoms with Crippen LogP contribution in [0, 0.1) is 11.7 Å². The van der Waals surface area contributed by atoms with Crippen LogP contribution in [-0.2, 0) is 21.1 Å². The van der Waals surface area contributed by atoms with Gasteiger partial charge in [-0.15, -0.1) is 0 Å². The molecule has 1 aromatic carbocycles. The van der Waals surface area contributed by atoms with Gasteiger partial charge in [0.05, 0.1) is 17.9 Å². The highest BCUT2D eigenvalue weighted by Crippen LogP contribution is 2.42. The molecule has 1 aliphatic heterocycles. The minimum Gasteiger partial charge on any atom is -0.465 e. The van der Waals surface area contributed by atoms with Crippen LogP contribution in [-0.4, -0.2) is 54.2 Å². The van der Waals surface area contributed by atoms with Gasteiger partial charge in [0.2, 0.25) is 5.95 Å². The summed E-state index contributed by atoms with van der Waals surface area (Å²) in [5, 5.41) is 2.59. The van der Waals surface area contributed by atoms with Crippen LogP contribution in [0.3, 0.4) is 0 Å². The Morgan fingerprint density at radius 3 is 2.57 bits per heavy atom. The van der Waals surface area contributed by atoms with Crippen molar-refractivity contribution < 1.29 is 35.5 Å². The fourth-order valence-corrected chi connectivity index (χ4v) is 4.74. The Kier molecular flexibility index (Phi) is 8.46. The molecule has 1 atom stereocenters. The van der Waals surface area contributed by atoms with E-state index < -0.39 is 56.3 Å². The van der Waals surface area contributed by atoms with Crippen molar-refractivity contribution in [1.82, 2.24) is 14.5 Å². The second-order valence-corrected chi connectivity index (χ2v) is 11.8. The monoisotopic (exact) mass is 627 g/mol. The number of sulfone groups is 1. The number of ether oxygens (including phenoxy) is 1. The summed E-state index contributed by atoms with van der Waals surface area (Å²) >= 11 is 5.84. The first-order valence-corrected chi connectivity index (χ1v) is 14.4. The molecular weight excluding hydrogens is 606 g/mol. The molecule has 4 rings (SSSR count). The van der Waals surface area contributed by atoms with Gasteiger partial charge in [0.15, 0.2) is 0 Å². The van der Waals surface area contributed by atoms with E-state index in [-0.39, 0.29) is 40.1 Å². The largest absolute Gasteiger partial charge is 0.465 e. The standard InChI is InChI=1S/C26H22ClF4N5O5S/c1-14-19(26(29,30)31)6-7-36(14)22-18(12-32-25(34-22)33-16-4-5-21(28)20(27)11-16)15-10-17(24(38)41-2)23(37)35(13-15)8-9-42(3,39)40/h4-7,10-13,19H,1,8-9H2,2-3H3,(H,32,33,34). The smallest absolute Gasteiger partial charge is 0.400 e. The number of halogens is 5. The molecule has 0 spiro atoms. The molecule has 42 heavy (non-hydrogen) atoms. The number of esters is 1. The maximum absolute atomic E-state index is 13.7. The Balaban J connectivity index is 1.89. The lowest BCUT2D eigenvalue weighted by Crippen LogP contribution is -2.29. The Bertz CT molecular complexity index is 1780. The van der Waals surface area contributed by atoms with E-state index in [1.54, 1.807) is 0 Å². The van der Waals surface area contributed by atoms with Crippen molar-refractivity contribution in [3.05, 3.63) is 88.0 Å². The van der Waals surface area contributed by atoms with Gasteiger partial charge in [-0.25, -0.2) is 22.6 Å². The number of carbonyl (C=O) groups is 1. The lowest BCUT2D eigenvalue weighted by molar-refractivity contribution is -0.150. The predicted octanol–water partition coefficient (Wildman–Crippen LogP) is 4.70. The van der Waals surface area contributed by atoms with E-state index in [0.29, 0.717) is 0 Å². The van der Waals surface area contributed by atoms with E-state index in [1.165, 1.54) is 24.5 Å². The summed E-state index contributed by atoms with van der Waals surface area (Å²) in [6.45, 7) is 3.25. The normalized spacial score (nSPS) is 15.3. The number of carbonyl (C=O) groups excluding carboxylic acids is 1. The summed E-state index contributed by atoms with van der Waals surface area (Å²) in [5.74, 6) is -4.41. The molecule has 222 valence electrons. The Labute approximate surface area is 241 Å². The molecule has 0 radical (unpaired) electrons. The topological polar surface area (TPSA) is 123 Å². The van der Waals surface area contributed by atoms with Crippen molar-refractivity contribution in [3.8, 4) is 11.1 Å². The van der Waals surface area contributed by atoms with Crippen molar-refractivity contribution in [2.75, 3.05) is 29.3 Å². The maximum atomic E-state index is 13.7.